The molecule has 164 valence electrons. The smallest absolute Gasteiger partial charge is 0.234 e. The summed E-state index contributed by atoms with van der Waals surface area (Å²) in [5.41, 5.74) is 2.92. The summed E-state index contributed by atoms with van der Waals surface area (Å²) in [5.74, 6) is 2.24. The molecule has 1 unspecified atom stereocenters. The number of hydrogen-bond acceptors (Lipinski definition) is 6. The van der Waals surface area contributed by atoms with Gasteiger partial charge in [-0.3, -0.25) is 4.79 Å². The molecule has 3 rings (SSSR count). The van der Waals surface area contributed by atoms with E-state index >= 15 is 0 Å². The quantitative estimate of drug-likeness (QED) is 0.486. The first kappa shape index (κ1) is 22.7. The van der Waals surface area contributed by atoms with E-state index in [0.29, 0.717) is 29.0 Å². The Labute approximate surface area is 187 Å². The SMILES string of the molecule is CCOc1ccccc1NC(=O)CSc1nnc(C(C)Oc2ccc(C)cc2C)n1C. The third-order valence-electron chi connectivity index (χ3n) is 4.66. The Kier molecular flexibility index (Phi) is 7.57. The van der Waals surface area contributed by atoms with E-state index in [1.165, 1.54) is 17.3 Å². The monoisotopic (exact) mass is 440 g/mol. The first-order valence-corrected chi connectivity index (χ1v) is 11.1. The van der Waals surface area contributed by atoms with Gasteiger partial charge in [-0.25, -0.2) is 0 Å². The number of ether oxygens (including phenoxy) is 2. The number of rotatable bonds is 9. The number of aromatic nitrogens is 3. The summed E-state index contributed by atoms with van der Waals surface area (Å²) < 4.78 is 13.5. The zero-order valence-corrected chi connectivity index (χ0v) is 19.3. The number of carbonyl (C=O) groups is 1. The van der Waals surface area contributed by atoms with Gasteiger partial charge < -0.3 is 19.4 Å². The van der Waals surface area contributed by atoms with Crippen molar-refractivity contribution in [2.45, 2.75) is 39.0 Å². The highest BCUT2D eigenvalue weighted by Crippen LogP contribution is 2.27. The Morgan fingerprint density at radius 1 is 1.16 bits per heavy atom. The Morgan fingerprint density at radius 2 is 1.94 bits per heavy atom. The summed E-state index contributed by atoms with van der Waals surface area (Å²) in [6.45, 7) is 8.46. The molecule has 0 aliphatic carbocycles. The van der Waals surface area contributed by atoms with Crippen molar-refractivity contribution in [1.82, 2.24) is 14.8 Å². The molecule has 1 aromatic heterocycles. The van der Waals surface area contributed by atoms with E-state index in [2.05, 4.69) is 28.5 Å². The fraction of sp³-hybridized carbons (Fsp3) is 0.348. The molecule has 1 atom stereocenters. The molecule has 0 aliphatic heterocycles. The van der Waals surface area contributed by atoms with Crippen LogP contribution in [-0.4, -0.2) is 33.0 Å². The van der Waals surface area contributed by atoms with Crippen molar-refractivity contribution in [3.8, 4) is 11.5 Å². The molecule has 0 saturated heterocycles. The molecule has 1 amide bonds. The second-order valence-electron chi connectivity index (χ2n) is 7.19. The number of amides is 1. The third kappa shape index (κ3) is 5.79. The standard InChI is InChI=1S/C23H28N4O3S/c1-6-29-20-10-8-7-9-18(20)24-21(28)14-31-23-26-25-22(27(23)5)17(4)30-19-12-11-15(2)13-16(19)3/h7-13,17H,6,14H2,1-5H3,(H,24,28). The molecule has 1 heterocycles. The van der Waals surface area contributed by atoms with Crippen molar-refractivity contribution in [3.63, 3.8) is 0 Å². The fourth-order valence-corrected chi connectivity index (χ4v) is 3.87. The minimum Gasteiger partial charge on any atom is -0.492 e. The predicted molar refractivity (Wildman–Crippen MR) is 123 cm³/mol. The number of carbonyl (C=O) groups excluding carboxylic acids is 1. The number of benzene rings is 2. The van der Waals surface area contributed by atoms with Crippen molar-refractivity contribution in [2.75, 3.05) is 17.7 Å². The molecule has 3 aromatic rings. The van der Waals surface area contributed by atoms with Crippen LogP contribution in [0, 0.1) is 13.8 Å². The van der Waals surface area contributed by atoms with E-state index in [9.17, 15) is 4.79 Å². The van der Waals surface area contributed by atoms with Crippen LogP contribution in [0.15, 0.2) is 47.6 Å². The molecule has 2 aromatic carbocycles. The zero-order valence-electron chi connectivity index (χ0n) is 18.5. The Morgan fingerprint density at radius 3 is 2.68 bits per heavy atom. The normalized spacial score (nSPS) is 11.8. The van der Waals surface area contributed by atoms with E-state index in [-0.39, 0.29) is 17.8 Å². The zero-order chi connectivity index (χ0) is 22.4. The molecular weight excluding hydrogens is 412 g/mol. The van der Waals surface area contributed by atoms with Crippen LogP contribution in [0.4, 0.5) is 5.69 Å². The largest absolute Gasteiger partial charge is 0.492 e. The Hall–Kier alpha value is -3.00. The summed E-state index contributed by atoms with van der Waals surface area (Å²) in [7, 11) is 1.88. The van der Waals surface area contributed by atoms with E-state index in [4.69, 9.17) is 9.47 Å². The van der Waals surface area contributed by atoms with Gasteiger partial charge >= 0.3 is 0 Å². The van der Waals surface area contributed by atoms with Gasteiger partial charge in [-0.2, -0.15) is 0 Å². The molecule has 0 saturated carbocycles. The predicted octanol–water partition coefficient (Wildman–Crippen LogP) is 4.70. The van der Waals surface area contributed by atoms with Crippen LogP contribution < -0.4 is 14.8 Å². The summed E-state index contributed by atoms with van der Waals surface area (Å²) in [4.78, 5) is 12.4. The first-order chi connectivity index (χ1) is 14.9. The van der Waals surface area contributed by atoms with Gasteiger partial charge in [0.05, 0.1) is 18.0 Å². The van der Waals surface area contributed by atoms with E-state index in [1.807, 2.05) is 68.8 Å². The first-order valence-electron chi connectivity index (χ1n) is 10.2. The van der Waals surface area contributed by atoms with Crippen molar-refractivity contribution in [3.05, 3.63) is 59.4 Å². The summed E-state index contributed by atoms with van der Waals surface area (Å²) in [5, 5.41) is 12.1. The van der Waals surface area contributed by atoms with Crippen molar-refractivity contribution >= 4 is 23.4 Å². The van der Waals surface area contributed by atoms with Crippen molar-refractivity contribution in [2.24, 2.45) is 7.05 Å². The van der Waals surface area contributed by atoms with Gasteiger partial charge in [0.25, 0.3) is 0 Å². The molecule has 0 aliphatic rings. The number of anilines is 1. The van der Waals surface area contributed by atoms with Gasteiger partial charge in [0.15, 0.2) is 17.1 Å². The van der Waals surface area contributed by atoms with Gasteiger partial charge in [0, 0.05) is 7.05 Å². The van der Waals surface area contributed by atoms with Gasteiger partial charge in [-0.1, -0.05) is 41.6 Å². The van der Waals surface area contributed by atoms with Crippen molar-refractivity contribution in [1.29, 1.82) is 0 Å². The number of nitrogens with zero attached hydrogens (tertiary/aromatic N) is 3. The molecule has 7 nitrogen and oxygen atoms in total. The number of para-hydroxylation sites is 2. The van der Waals surface area contributed by atoms with Crippen LogP contribution in [0.3, 0.4) is 0 Å². The van der Waals surface area contributed by atoms with Gasteiger partial charge in [-0.15, -0.1) is 10.2 Å². The maximum atomic E-state index is 12.4. The fourth-order valence-electron chi connectivity index (χ4n) is 3.15. The lowest BCUT2D eigenvalue weighted by molar-refractivity contribution is -0.113. The molecule has 0 radical (unpaired) electrons. The third-order valence-corrected chi connectivity index (χ3v) is 5.68. The molecule has 0 fully saturated rings. The lowest BCUT2D eigenvalue weighted by Crippen LogP contribution is -2.15. The highest BCUT2D eigenvalue weighted by Gasteiger charge is 2.19. The van der Waals surface area contributed by atoms with Gasteiger partial charge in [0.2, 0.25) is 5.91 Å². The highest BCUT2D eigenvalue weighted by molar-refractivity contribution is 7.99. The minimum atomic E-state index is -0.278. The number of thioether (sulfide) groups is 1. The van der Waals surface area contributed by atoms with Crippen LogP contribution in [0.5, 0.6) is 11.5 Å². The van der Waals surface area contributed by atoms with Crippen LogP contribution in [0.25, 0.3) is 0 Å². The van der Waals surface area contributed by atoms with Gasteiger partial charge in [0.1, 0.15) is 11.5 Å². The topological polar surface area (TPSA) is 78.3 Å². The maximum Gasteiger partial charge on any atom is 0.234 e. The number of hydrogen-bond donors (Lipinski definition) is 1. The van der Waals surface area contributed by atoms with Crippen molar-refractivity contribution < 1.29 is 14.3 Å². The highest BCUT2D eigenvalue weighted by atomic mass is 32.2. The Balaban J connectivity index is 1.60. The van der Waals surface area contributed by atoms with E-state index in [1.54, 1.807) is 0 Å². The van der Waals surface area contributed by atoms with E-state index in [0.717, 1.165) is 11.3 Å². The summed E-state index contributed by atoms with van der Waals surface area (Å²) >= 11 is 1.32. The average molecular weight is 441 g/mol. The Bertz CT molecular complexity index is 1050. The number of aryl methyl sites for hydroxylation is 2. The van der Waals surface area contributed by atoms with Crippen LogP contribution in [0.2, 0.25) is 0 Å². The second kappa shape index (κ2) is 10.3. The lowest BCUT2D eigenvalue weighted by Gasteiger charge is -2.16. The molecular formula is C23H28N4O3S. The lowest BCUT2D eigenvalue weighted by atomic mass is 10.1. The molecule has 31 heavy (non-hydrogen) atoms. The van der Waals surface area contributed by atoms with Crippen LogP contribution in [-0.2, 0) is 11.8 Å². The molecule has 8 heteroatoms. The minimum absolute atomic E-state index is 0.138. The molecule has 0 bridgehead atoms. The van der Waals surface area contributed by atoms with Gasteiger partial charge in [-0.05, 0) is 51.5 Å². The second-order valence-corrected chi connectivity index (χ2v) is 8.14. The number of nitrogens with one attached hydrogen (secondary N) is 1. The average Bonchev–Trinajstić information content (AvgIpc) is 3.10. The van der Waals surface area contributed by atoms with Crippen LogP contribution in [0.1, 0.15) is 36.9 Å². The van der Waals surface area contributed by atoms with E-state index < -0.39 is 0 Å². The summed E-state index contributed by atoms with van der Waals surface area (Å²) in [6, 6.07) is 13.5. The molecule has 1 N–H and O–H groups in total. The summed E-state index contributed by atoms with van der Waals surface area (Å²) in [6.07, 6.45) is -0.278. The van der Waals surface area contributed by atoms with Crippen LogP contribution >= 0.6 is 11.8 Å². The maximum absolute atomic E-state index is 12.4. The molecule has 0 spiro atoms.